The zero-order valence-electron chi connectivity index (χ0n) is 10.9. The van der Waals surface area contributed by atoms with Crippen molar-refractivity contribution in [3.05, 3.63) is 35.4 Å². The van der Waals surface area contributed by atoms with Crippen LogP contribution in [0.5, 0.6) is 0 Å². The number of thioether (sulfide) groups is 1. The van der Waals surface area contributed by atoms with Crippen LogP contribution < -0.4 is 10.9 Å². The molecule has 0 radical (unpaired) electrons. The van der Waals surface area contributed by atoms with Gasteiger partial charge in [0.1, 0.15) is 0 Å². The minimum absolute atomic E-state index is 0.0722. The molecule has 4 nitrogen and oxygen atoms in total. The smallest absolute Gasteiger partial charge is 0.248 e. The van der Waals surface area contributed by atoms with Crippen LogP contribution in [-0.2, 0) is 15.3 Å². The molecule has 1 aromatic rings. The molecule has 0 spiro atoms. The van der Waals surface area contributed by atoms with Crippen molar-refractivity contribution in [3.63, 3.8) is 0 Å². The topological polar surface area (TPSA) is 58.2 Å². The number of carbonyl (C=O) groups is 2. The molecule has 0 aromatic heterocycles. The largest absolute Gasteiger partial charge is 0.273 e. The van der Waals surface area contributed by atoms with E-state index in [0.29, 0.717) is 5.75 Å². The second-order valence-corrected chi connectivity index (χ2v) is 5.78. The van der Waals surface area contributed by atoms with Crippen molar-refractivity contribution in [2.75, 3.05) is 5.75 Å². The molecule has 5 heteroatoms. The highest BCUT2D eigenvalue weighted by Gasteiger charge is 2.29. The van der Waals surface area contributed by atoms with E-state index in [0.717, 1.165) is 18.6 Å². The first kappa shape index (κ1) is 13.9. The summed E-state index contributed by atoms with van der Waals surface area (Å²) in [5.41, 5.74) is 7.32. The van der Waals surface area contributed by atoms with Crippen LogP contribution in [0.2, 0.25) is 0 Å². The molecule has 1 fully saturated rings. The predicted molar refractivity (Wildman–Crippen MR) is 76.4 cm³/mol. The number of carbonyl (C=O) groups excluding carboxylic acids is 2. The molecule has 0 aliphatic heterocycles. The van der Waals surface area contributed by atoms with E-state index in [2.05, 4.69) is 16.9 Å². The van der Waals surface area contributed by atoms with E-state index in [4.69, 9.17) is 0 Å². The first-order valence-electron chi connectivity index (χ1n) is 6.37. The van der Waals surface area contributed by atoms with Gasteiger partial charge in [-0.25, -0.2) is 0 Å². The Bertz CT molecular complexity index is 472. The first-order chi connectivity index (χ1) is 9.15. The molecule has 2 rings (SSSR count). The Kier molecular flexibility index (Phi) is 4.85. The van der Waals surface area contributed by atoms with Gasteiger partial charge in [0.25, 0.3) is 0 Å². The van der Waals surface area contributed by atoms with Crippen LogP contribution in [0.4, 0.5) is 0 Å². The number of hydrogen-bond donors (Lipinski definition) is 2. The lowest BCUT2D eigenvalue weighted by molar-refractivity contribution is -0.128. The average Bonchev–Trinajstić information content (AvgIpc) is 3.20. The number of hydrogen-bond acceptors (Lipinski definition) is 3. The van der Waals surface area contributed by atoms with Crippen molar-refractivity contribution in [1.29, 1.82) is 0 Å². The van der Waals surface area contributed by atoms with E-state index >= 15 is 0 Å². The fourth-order valence-electron chi connectivity index (χ4n) is 1.68. The summed E-state index contributed by atoms with van der Waals surface area (Å²) in [4.78, 5) is 22.8. The maximum absolute atomic E-state index is 11.5. The Labute approximate surface area is 117 Å². The van der Waals surface area contributed by atoms with Crippen molar-refractivity contribution in [2.45, 2.75) is 25.5 Å². The third kappa shape index (κ3) is 4.95. The second-order valence-electron chi connectivity index (χ2n) is 4.79. The SMILES string of the molecule is Cc1cccc(CSCC(=O)NNC(=O)C2CC2)c1. The Hall–Kier alpha value is -1.49. The van der Waals surface area contributed by atoms with E-state index < -0.39 is 0 Å². The summed E-state index contributed by atoms with van der Waals surface area (Å²) in [5.74, 6) is 1.02. The lowest BCUT2D eigenvalue weighted by Gasteiger charge is -2.06. The Morgan fingerprint density at radius 3 is 2.79 bits per heavy atom. The van der Waals surface area contributed by atoms with E-state index in [-0.39, 0.29) is 17.7 Å². The summed E-state index contributed by atoms with van der Waals surface area (Å²) in [7, 11) is 0. The standard InChI is InChI=1S/C14H18N2O2S/c1-10-3-2-4-11(7-10)8-19-9-13(17)15-16-14(18)12-5-6-12/h2-4,7,12H,5-6,8-9H2,1H3,(H,15,17)(H,16,18). The number of hydrazine groups is 1. The second kappa shape index (κ2) is 6.61. The van der Waals surface area contributed by atoms with Gasteiger partial charge in [-0.3, -0.25) is 20.4 Å². The van der Waals surface area contributed by atoms with Crippen LogP contribution in [0.1, 0.15) is 24.0 Å². The molecule has 0 saturated heterocycles. The molecule has 2 N–H and O–H groups in total. The summed E-state index contributed by atoms with van der Waals surface area (Å²) in [6.07, 6.45) is 1.87. The summed E-state index contributed by atoms with van der Waals surface area (Å²) >= 11 is 1.54. The Morgan fingerprint density at radius 2 is 2.11 bits per heavy atom. The third-order valence-electron chi connectivity index (χ3n) is 2.86. The molecule has 2 amide bonds. The van der Waals surface area contributed by atoms with Gasteiger partial charge >= 0.3 is 0 Å². The van der Waals surface area contributed by atoms with E-state index in [1.807, 2.05) is 25.1 Å². The van der Waals surface area contributed by atoms with Gasteiger partial charge in [0.15, 0.2) is 0 Å². The molecule has 1 aliphatic carbocycles. The first-order valence-corrected chi connectivity index (χ1v) is 7.52. The van der Waals surface area contributed by atoms with Crippen LogP contribution in [0.3, 0.4) is 0 Å². The van der Waals surface area contributed by atoms with Crippen molar-refractivity contribution in [3.8, 4) is 0 Å². The molecule has 102 valence electrons. The van der Waals surface area contributed by atoms with Crippen LogP contribution in [0, 0.1) is 12.8 Å². The number of nitrogens with one attached hydrogen (secondary N) is 2. The molecule has 1 aromatic carbocycles. The number of amides is 2. The molecule has 0 unspecified atom stereocenters. The highest BCUT2D eigenvalue weighted by Crippen LogP contribution is 2.28. The molecule has 19 heavy (non-hydrogen) atoms. The fourth-order valence-corrected chi connectivity index (χ4v) is 2.45. The minimum Gasteiger partial charge on any atom is -0.273 e. The minimum atomic E-state index is -0.161. The van der Waals surface area contributed by atoms with Crippen LogP contribution >= 0.6 is 11.8 Å². The maximum atomic E-state index is 11.5. The summed E-state index contributed by atoms with van der Waals surface area (Å²) in [6, 6.07) is 8.22. The fraction of sp³-hybridized carbons (Fsp3) is 0.429. The van der Waals surface area contributed by atoms with Crippen molar-refractivity contribution >= 4 is 23.6 Å². The van der Waals surface area contributed by atoms with Crippen molar-refractivity contribution in [2.24, 2.45) is 5.92 Å². The molecule has 0 atom stereocenters. The highest BCUT2D eigenvalue weighted by molar-refractivity contribution is 7.99. The lowest BCUT2D eigenvalue weighted by Crippen LogP contribution is -2.43. The summed E-state index contributed by atoms with van der Waals surface area (Å²) < 4.78 is 0. The van der Waals surface area contributed by atoms with Gasteiger partial charge in [-0.05, 0) is 25.3 Å². The van der Waals surface area contributed by atoms with E-state index in [9.17, 15) is 9.59 Å². The zero-order valence-corrected chi connectivity index (χ0v) is 11.8. The zero-order chi connectivity index (χ0) is 13.7. The number of benzene rings is 1. The van der Waals surface area contributed by atoms with E-state index in [1.165, 1.54) is 22.9 Å². The quantitative estimate of drug-likeness (QED) is 0.807. The van der Waals surface area contributed by atoms with Crippen molar-refractivity contribution in [1.82, 2.24) is 10.9 Å². The molecule has 0 bridgehead atoms. The molecule has 1 saturated carbocycles. The number of aryl methyl sites for hydroxylation is 1. The monoisotopic (exact) mass is 278 g/mol. The van der Waals surface area contributed by atoms with Gasteiger partial charge in [-0.2, -0.15) is 0 Å². The van der Waals surface area contributed by atoms with Crippen LogP contribution in [-0.4, -0.2) is 17.6 Å². The van der Waals surface area contributed by atoms with Gasteiger partial charge in [-0.15, -0.1) is 11.8 Å². The van der Waals surface area contributed by atoms with Gasteiger partial charge < -0.3 is 0 Å². The molecular weight excluding hydrogens is 260 g/mol. The summed E-state index contributed by atoms with van der Waals surface area (Å²) in [5, 5.41) is 0. The maximum Gasteiger partial charge on any atom is 0.248 e. The van der Waals surface area contributed by atoms with Gasteiger partial charge in [0.05, 0.1) is 5.75 Å². The Morgan fingerprint density at radius 1 is 1.32 bits per heavy atom. The highest BCUT2D eigenvalue weighted by atomic mass is 32.2. The normalized spacial score (nSPS) is 13.9. The van der Waals surface area contributed by atoms with Crippen LogP contribution in [0.25, 0.3) is 0 Å². The summed E-state index contributed by atoms with van der Waals surface area (Å²) in [6.45, 7) is 2.05. The average molecular weight is 278 g/mol. The predicted octanol–water partition coefficient (Wildman–Crippen LogP) is 1.79. The molecule has 1 aliphatic rings. The van der Waals surface area contributed by atoms with Gasteiger partial charge in [0, 0.05) is 11.7 Å². The number of rotatable bonds is 5. The van der Waals surface area contributed by atoms with Gasteiger partial charge in [-0.1, -0.05) is 29.8 Å². The molecule has 0 heterocycles. The van der Waals surface area contributed by atoms with Crippen LogP contribution in [0.15, 0.2) is 24.3 Å². The van der Waals surface area contributed by atoms with Crippen molar-refractivity contribution < 1.29 is 9.59 Å². The van der Waals surface area contributed by atoms with Gasteiger partial charge in [0.2, 0.25) is 11.8 Å². The third-order valence-corrected chi connectivity index (χ3v) is 3.86. The van der Waals surface area contributed by atoms with E-state index in [1.54, 1.807) is 0 Å². The molecular formula is C14H18N2O2S. The Balaban J connectivity index is 1.62. The lowest BCUT2D eigenvalue weighted by atomic mass is 10.2.